The summed E-state index contributed by atoms with van der Waals surface area (Å²) in [6.45, 7) is -0.718. The van der Waals surface area contributed by atoms with E-state index in [9.17, 15) is 38.5 Å². The van der Waals surface area contributed by atoms with Crippen LogP contribution in [0.25, 0.3) is 0 Å². The van der Waals surface area contributed by atoms with E-state index in [1.165, 1.54) is 12.3 Å². The Hall–Kier alpha value is -1.85. The third-order valence-corrected chi connectivity index (χ3v) is 8.79. The molecule has 0 spiro atoms. The van der Waals surface area contributed by atoms with Gasteiger partial charge in [-0.1, -0.05) is 30.3 Å². The molecule has 0 bridgehead atoms. The van der Waals surface area contributed by atoms with E-state index in [1.54, 1.807) is 0 Å². The molecule has 2 heterocycles. The maximum absolute atomic E-state index is 12.5. The Morgan fingerprint density at radius 2 is 1.67 bits per heavy atom. The van der Waals surface area contributed by atoms with Crippen LogP contribution in [0.2, 0.25) is 0 Å². The smallest absolute Gasteiger partial charge is 0.387 e. The van der Waals surface area contributed by atoms with Crippen LogP contribution in [-0.2, 0) is 42.8 Å². The molecule has 2 unspecified atom stereocenters. The van der Waals surface area contributed by atoms with E-state index in [0.717, 1.165) is 16.6 Å². The largest absolute Gasteiger partial charge is 0.490 e. The van der Waals surface area contributed by atoms with Gasteiger partial charge in [0.1, 0.15) is 18.3 Å². The molecule has 2 aromatic rings. The number of aryl methyl sites for hydroxylation is 1. The van der Waals surface area contributed by atoms with E-state index in [0.29, 0.717) is 13.0 Å². The highest BCUT2D eigenvalue weighted by Gasteiger charge is 2.46. The molecule has 0 aliphatic carbocycles. The number of benzene rings is 1. The summed E-state index contributed by atoms with van der Waals surface area (Å²) in [7, 11) is -16.8. The first kappa shape index (κ1) is 31.7. The summed E-state index contributed by atoms with van der Waals surface area (Å²) >= 11 is 0. The van der Waals surface area contributed by atoms with Crippen LogP contribution in [0.5, 0.6) is 0 Å². The average molecular weight is 617 g/mol. The van der Waals surface area contributed by atoms with Crippen LogP contribution in [0.1, 0.15) is 18.2 Å². The molecule has 0 radical (unpaired) electrons. The first-order valence-electron chi connectivity index (χ1n) is 11.0. The molecule has 39 heavy (non-hydrogen) atoms. The Labute approximate surface area is 220 Å². The summed E-state index contributed by atoms with van der Waals surface area (Å²) in [5.74, 6) is 0.0493. The number of aliphatic hydroxyl groups is 2. The highest BCUT2D eigenvalue weighted by Crippen LogP contribution is 2.66. The third-order valence-electron chi connectivity index (χ3n) is 4.99. The van der Waals surface area contributed by atoms with E-state index >= 15 is 0 Å². The van der Waals surface area contributed by atoms with Crippen LogP contribution in [0.4, 0.5) is 5.82 Å². The van der Waals surface area contributed by atoms with Crippen molar-refractivity contribution in [1.29, 1.82) is 0 Å². The Morgan fingerprint density at radius 3 is 2.31 bits per heavy atom. The summed E-state index contributed by atoms with van der Waals surface area (Å²) < 4.78 is 51.6. The summed E-state index contributed by atoms with van der Waals surface area (Å²) in [6.07, 6.45) is -3.96. The average Bonchev–Trinajstić information content (AvgIpc) is 3.09. The minimum Gasteiger partial charge on any atom is -0.387 e. The van der Waals surface area contributed by atoms with Crippen LogP contribution in [0.3, 0.4) is 0 Å². The lowest BCUT2D eigenvalue weighted by molar-refractivity contribution is -0.0541. The van der Waals surface area contributed by atoms with E-state index in [-0.39, 0.29) is 5.82 Å². The van der Waals surface area contributed by atoms with Gasteiger partial charge in [0.25, 0.3) is 0 Å². The molecule has 0 saturated carbocycles. The number of ether oxygens (including phenoxy) is 1. The van der Waals surface area contributed by atoms with Gasteiger partial charge in [-0.05, 0) is 24.5 Å². The Balaban J connectivity index is 1.52. The fourth-order valence-electron chi connectivity index (χ4n) is 3.35. The normalized spacial score (nSPS) is 24.7. The lowest BCUT2D eigenvalue weighted by Crippen LogP contribution is -2.36. The molecule has 1 aromatic heterocycles. The molecule has 18 nitrogen and oxygen atoms in total. The van der Waals surface area contributed by atoms with Crippen molar-refractivity contribution in [1.82, 2.24) is 9.55 Å². The zero-order chi connectivity index (χ0) is 28.8. The van der Waals surface area contributed by atoms with E-state index in [2.05, 4.69) is 23.6 Å². The molecule has 0 amide bonds. The standard InChI is InChI=1S/C18H26N3O15P3/c22-15-13(11-33-38(28,29)36-39(30,31)35-37(25,26)27)34-17(16(15)23)21-9-8-14(19-18(21)24)20-32-10-4-7-12-5-2-1-3-6-12/h1-3,5-6,8-9,13,15-17,22-23H,4,7,10-11H2,(H,28,29)(H,30,31)(H,19,20,24)(H2,25,26,27)/t13-,15-,16-,17-/m1/s1. The van der Waals surface area contributed by atoms with Crippen LogP contribution in [-0.4, -0.2) is 70.9 Å². The van der Waals surface area contributed by atoms with Gasteiger partial charge in [0, 0.05) is 6.20 Å². The van der Waals surface area contributed by atoms with Crippen molar-refractivity contribution < 1.29 is 66.2 Å². The van der Waals surface area contributed by atoms with Crippen molar-refractivity contribution >= 4 is 29.3 Å². The van der Waals surface area contributed by atoms with E-state index < -0.39 is 60.3 Å². The predicted octanol–water partition coefficient (Wildman–Crippen LogP) is 0.182. The van der Waals surface area contributed by atoms with Crippen LogP contribution in [0, 0.1) is 0 Å². The summed E-state index contributed by atoms with van der Waals surface area (Å²) in [5.41, 5.74) is 2.74. The first-order valence-corrected chi connectivity index (χ1v) is 15.5. The van der Waals surface area contributed by atoms with Crippen LogP contribution < -0.4 is 11.2 Å². The van der Waals surface area contributed by atoms with Gasteiger partial charge in [-0.25, -0.2) is 24.0 Å². The Bertz CT molecular complexity index is 1310. The molecule has 1 aliphatic heterocycles. The fourth-order valence-corrected chi connectivity index (χ4v) is 6.38. The van der Waals surface area contributed by atoms with Crippen molar-refractivity contribution in [2.45, 2.75) is 37.4 Å². The summed E-state index contributed by atoms with van der Waals surface area (Å²) in [6, 6.07) is 11.1. The number of hydrogen-bond donors (Lipinski definition) is 7. The van der Waals surface area contributed by atoms with E-state index in [1.807, 2.05) is 30.3 Å². The minimum atomic E-state index is -5.75. The zero-order valence-electron chi connectivity index (χ0n) is 19.8. The predicted molar refractivity (Wildman–Crippen MR) is 129 cm³/mol. The Morgan fingerprint density at radius 1 is 0.974 bits per heavy atom. The topological polar surface area (TPSA) is 266 Å². The number of rotatable bonds is 14. The quantitative estimate of drug-likeness (QED) is 0.0846. The van der Waals surface area contributed by atoms with Crippen LogP contribution >= 0.6 is 23.5 Å². The molecule has 6 atom stereocenters. The van der Waals surface area contributed by atoms with Gasteiger partial charge < -0.3 is 34.5 Å². The van der Waals surface area contributed by atoms with Gasteiger partial charge in [-0.2, -0.15) is 13.6 Å². The molecule has 1 fully saturated rings. The first-order chi connectivity index (χ1) is 18.2. The molecule has 21 heteroatoms. The van der Waals surface area contributed by atoms with Crippen molar-refractivity contribution in [3.05, 3.63) is 58.6 Å². The van der Waals surface area contributed by atoms with Gasteiger partial charge >= 0.3 is 29.2 Å². The second-order valence-corrected chi connectivity index (χ2v) is 12.4. The van der Waals surface area contributed by atoms with Gasteiger partial charge in [0.05, 0.1) is 13.2 Å². The number of nitrogens with one attached hydrogen (secondary N) is 1. The summed E-state index contributed by atoms with van der Waals surface area (Å²) in [4.78, 5) is 57.3. The highest BCUT2D eigenvalue weighted by molar-refractivity contribution is 7.66. The number of nitrogens with zero attached hydrogens (tertiary/aromatic N) is 2. The Kier molecular flexibility index (Phi) is 10.7. The number of phosphoric ester groups is 1. The number of anilines is 1. The fraction of sp³-hybridized carbons (Fsp3) is 0.444. The van der Waals surface area contributed by atoms with Gasteiger partial charge in [-0.15, -0.1) is 0 Å². The van der Waals surface area contributed by atoms with Gasteiger partial charge in [-0.3, -0.25) is 13.9 Å². The molecule has 218 valence electrons. The molecule has 1 aromatic carbocycles. The van der Waals surface area contributed by atoms with Crippen molar-refractivity contribution in [2.24, 2.45) is 0 Å². The third kappa shape index (κ3) is 9.93. The highest BCUT2D eigenvalue weighted by atomic mass is 31.3. The maximum atomic E-state index is 12.5. The number of aliphatic hydroxyl groups excluding tert-OH is 2. The summed E-state index contributed by atoms with van der Waals surface area (Å²) in [5, 5.41) is 20.5. The van der Waals surface area contributed by atoms with Crippen molar-refractivity contribution in [2.75, 3.05) is 18.7 Å². The van der Waals surface area contributed by atoms with Crippen molar-refractivity contribution in [3.8, 4) is 0 Å². The molecule has 1 saturated heterocycles. The molecule has 7 N–H and O–H groups in total. The molecular formula is C18H26N3O15P3. The molecule has 1 aliphatic rings. The molecular weight excluding hydrogens is 591 g/mol. The second kappa shape index (κ2) is 13.2. The van der Waals surface area contributed by atoms with Crippen LogP contribution in [0.15, 0.2) is 47.4 Å². The second-order valence-electron chi connectivity index (χ2n) is 7.98. The minimum absolute atomic E-state index is 0.0493. The lowest BCUT2D eigenvalue weighted by atomic mass is 10.1. The SMILES string of the molecule is O=c1nc(NOCCCc2ccccc2)ccn1[C@@H]1O[C@H](COP(=O)(O)OP(=O)(O)OP(=O)(O)O)[C@@H](O)[C@H]1O. The number of phosphoric acid groups is 3. The van der Waals surface area contributed by atoms with Crippen molar-refractivity contribution in [3.63, 3.8) is 0 Å². The number of hydrogen-bond acceptors (Lipinski definition) is 13. The van der Waals surface area contributed by atoms with E-state index in [4.69, 9.17) is 19.4 Å². The molecule has 3 rings (SSSR count). The maximum Gasteiger partial charge on any atom is 0.490 e. The monoisotopic (exact) mass is 617 g/mol. The lowest BCUT2D eigenvalue weighted by Gasteiger charge is -2.19. The van der Waals surface area contributed by atoms with Gasteiger partial charge in [0.15, 0.2) is 12.0 Å². The zero-order valence-corrected chi connectivity index (χ0v) is 22.5. The van der Waals surface area contributed by atoms with Gasteiger partial charge in [0.2, 0.25) is 0 Å². The number of aromatic nitrogens is 2.